The predicted octanol–water partition coefficient (Wildman–Crippen LogP) is 2.77. The van der Waals surface area contributed by atoms with E-state index in [9.17, 15) is 4.79 Å². The summed E-state index contributed by atoms with van der Waals surface area (Å²) in [6.07, 6.45) is 1.59. The maximum Gasteiger partial charge on any atom is 0.271 e. The number of hydrogen-bond acceptors (Lipinski definition) is 3. The van der Waals surface area contributed by atoms with Crippen LogP contribution in [0, 0.1) is 6.92 Å². The lowest BCUT2D eigenvalue weighted by Crippen LogP contribution is -2.18. The van der Waals surface area contributed by atoms with Gasteiger partial charge < -0.3 is 4.74 Å². The number of carbonyl (C=O) groups is 1. The first-order chi connectivity index (χ1) is 9.70. The summed E-state index contributed by atoms with van der Waals surface area (Å²) < 4.78 is 5.07. The molecule has 1 N–H and O–H groups in total. The van der Waals surface area contributed by atoms with E-state index in [4.69, 9.17) is 4.74 Å². The molecule has 0 heterocycles. The Morgan fingerprint density at radius 2 is 1.85 bits per heavy atom. The molecule has 1 amide bonds. The van der Waals surface area contributed by atoms with Gasteiger partial charge >= 0.3 is 0 Å². The topological polar surface area (TPSA) is 50.7 Å². The minimum atomic E-state index is -0.215. The van der Waals surface area contributed by atoms with Crippen molar-refractivity contribution in [2.45, 2.75) is 6.92 Å². The molecule has 0 unspecified atom stereocenters. The Balaban J connectivity index is 1.99. The summed E-state index contributed by atoms with van der Waals surface area (Å²) in [6.45, 7) is 1.89. The van der Waals surface area contributed by atoms with Gasteiger partial charge in [0.1, 0.15) is 5.75 Å². The van der Waals surface area contributed by atoms with E-state index < -0.39 is 0 Å². The fourth-order valence-electron chi connectivity index (χ4n) is 1.74. The van der Waals surface area contributed by atoms with Gasteiger partial charge in [-0.05, 0) is 48.4 Å². The Morgan fingerprint density at radius 3 is 2.50 bits per heavy atom. The van der Waals surface area contributed by atoms with Crippen LogP contribution >= 0.6 is 0 Å². The summed E-state index contributed by atoms with van der Waals surface area (Å²) in [5, 5.41) is 3.95. The third-order valence-corrected chi connectivity index (χ3v) is 2.89. The average Bonchev–Trinajstić information content (AvgIpc) is 2.48. The van der Waals surface area contributed by atoms with Crippen LogP contribution in [-0.4, -0.2) is 19.2 Å². The monoisotopic (exact) mass is 268 g/mol. The molecule has 0 aliphatic heterocycles. The summed E-state index contributed by atoms with van der Waals surface area (Å²) >= 11 is 0. The SMILES string of the molecule is COc1ccc(/C=N/NC(=O)c2ccccc2C)cc1. The zero-order valence-corrected chi connectivity index (χ0v) is 11.5. The van der Waals surface area contributed by atoms with E-state index in [0.29, 0.717) is 5.56 Å². The van der Waals surface area contributed by atoms with E-state index in [1.54, 1.807) is 19.4 Å². The van der Waals surface area contributed by atoms with Gasteiger partial charge in [0.25, 0.3) is 5.91 Å². The van der Waals surface area contributed by atoms with Crippen LogP contribution in [0.2, 0.25) is 0 Å². The maximum absolute atomic E-state index is 11.9. The van der Waals surface area contributed by atoms with E-state index in [1.807, 2.05) is 49.4 Å². The number of rotatable bonds is 4. The number of aryl methyl sites for hydroxylation is 1. The van der Waals surface area contributed by atoms with Gasteiger partial charge in [0, 0.05) is 5.56 Å². The first-order valence-electron chi connectivity index (χ1n) is 6.24. The van der Waals surface area contributed by atoms with Crippen molar-refractivity contribution in [3.63, 3.8) is 0 Å². The second kappa shape index (κ2) is 6.52. The van der Waals surface area contributed by atoms with E-state index in [1.165, 1.54) is 0 Å². The second-order valence-corrected chi connectivity index (χ2v) is 4.29. The summed E-state index contributed by atoms with van der Waals surface area (Å²) in [5.74, 6) is 0.568. The summed E-state index contributed by atoms with van der Waals surface area (Å²) in [6, 6.07) is 14.8. The lowest BCUT2D eigenvalue weighted by atomic mass is 10.1. The minimum Gasteiger partial charge on any atom is -0.497 e. The Hall–Kier alpha value is -2.62. The van der Waals surface area contributed by atoms with Gasteiger partial charge in [-0.2, -0.15) is 5.10 Å². The van der Waals surface area contributed by atoms with Gasteiger partial charge in [-0.25, -0.2) is 5.43 Å². The lowest BCUT2D eigenvalue weighted by Gasteiger charge is -2.03. The van der Waals surface area contributed by atoms with E-state index in [-0.39, 0.29) is 5.91 Å². The Labute approximate surface area is 118 Å². The zero-order chi connectivity index (χ0) is 14.4. The van der Waals surface area contributed by atoms with Crippen molar-refractivity contribution in [3.05, 3.63) is 65.2 Å². The molecule has 20 heavy (non-hydrogen) atoms. The highest BCUT2D eigenvalue weighted by Crippen LogP contribution is 2.10. The molecule has 4 heteroatoms. The third kappa shape index (κ3) is 3.45. The number of methoxy groups -OCH3 is 1. The zero-order valence-electron chi connectivity index (χ0n) is 11.5. The molecule has 2 rings (SSSR count). The van der Waals surface area contributed by atoms with Gasteiger partial charge in [-0.1, -0.05) is 18.2 Å². The molecule has 102 valence electrons. The van der Waals surface area contributed by atoms with E-state index >= 15 is 0 Å². The largest absolute Gasteiger partial charge is 0.497 e. The van der Waals surface area contributed by atoms with Crippen molar-refractivity contribution >= 4 is 12.1 Å². The van der Waals surface area contributed by atoms with E-state index in [0.717, 1.165) is 16.9 Å². The van der Waals surface area contributed by atoms with Crippen LogP contribution in [0.3, 0.4) is 0 Å². The van der Waals surface area contributed by atoms with Crippen molar-refractivity contribution in [3.8, 4) is 5.75 Å². The molecule has 0 spiro atoms. The molecular formula is C16H16N2O2. The number of nitrogens with one attached hydrogen (secondary N) is 1. The fourth-order valence-corrected chi connectivity index (χ4v) is 1.74. The van der Waals surface area contributed by atoms with Gasteiger partial charge in [0.2, 0.25) is 0 Å². The lowest BCUT2D eigenvalue weighted by molar-refractivity contribution is 0.0954. The third-order valence-electron chi connectivity index (χ3n) is 2.89. The molecule has 2 aromatic carbocycles. The first-order valence-corrected chi connectivity index (χ1v) is 6.24. The van der Waals surface area contributed by atoms with Gasteiger partial charge in [0.05, 0.1) is 13.3 Å². The highest BCUT2D eigenvalue weighted by atomic mass is 16.5. The number of carbonyl (C=O) groups excluding carboxylic acids is 1. The second-order valence-electron chi connectivity index (χ2n) is 4.29. The van der Waals surface area contributed by atoms with Crippen LogP contribution in [0.5, 0.6) is 5.75 Å². The maximum atomic E-state index is 11.9. The molecule has 4 nitrogen and oxygen atoms in total. The molecule has 0 atom stereocenters. The van der Waals surface area contributed by atoms with Gasteiger partial charge in [0.15, 0.2) is 0 Å². The quantitative estimate of drug-likeness (QED) is 0.684. The number of amides is 1. The molecule has 0 fully saturated rings. The number of hydrazone groups is 1. The molecule has 0 aliphatic rings. The molecule has 0 saturated heterocycles. The molecule has 0 aromatic heterocycles. The summed E-state index contributed by atoms with van der Waals surface area (Å²) in [5.41, 5.74) is 4.95. The minimum absolute atomic E-state index is 0.215. The van der Waals surface area contributed by atoms with Crippen LogP contribution in [-0.2, 0) is 0 Å². The smallest absolute Gasteiger partial charge is 0.271 e. The highest BCUT2D eigenvalue weighted by Gasteiger charge is 2.05. The molecule has 0 bridgehead atoms. The van der Waals surface area contributed by atoms with Crippen LogP contribution in [0.4, 0.5) is 0 Å². The normalized spacial score (nSPS) is 10.5. The highest BCUT2D eigenvalue weighted by molar-refractivity contribution is 5.96. The van der Waals surface area contributed by atoms with Gasteiger partial charge in [-0.3, -0.25) is 4.79 Å². The molecule has 0 aliphatic carbocycles. The molecular weight excluding hydrogens is 252 g/mol. The molecule has 2 aromatic rings. The molecule has 0 radical (unpaired) electrons. The van der Waals surface area contributed by atoms with Crippen LogP contribution < -0.4 is 10.2 Å². The standard InChI is InChI=1S/C16H16N2O2/c1-12-5-3-4-6-15(12)16(19)18-17-11-13-7-9-14(20-2)10-8-13/h3-11H,1-2H3,(H,18,19)/b17-11+. The number of benzene rings is 2. The van der Waals surface area contributed by atoms with Crippen LogP contribution in [0.25, 0.3) is 0 Å². The van der Waals surface area contributed by atoms with Crippen LogP contribution in [0.1, 0.15) is 21.5 Å². The van der Waals surface area contributed by atoms with E-state index in [2.05, 4.69) is 10.5 Å². The van der Waals surface area contributed by atoms with Crippen molar-refractivity contribution in [2.24, 2.45) is 5.10 Å². The number of ether oxygens (including phenoxy) is 1. The average molecular weight is 268 g/mol. The predicted molar refractivity (Wildman–Crippen MR) is 79.2 cm³/mol. The summed E-state index contributed by atoms with van der Waals surface area (Å²) in [4.78, 5) is 11.9. The fraction of sp³-hybridized carbons (Fsp3) is 0.125. The first kappa shape index (κ1) is 13.8. The van der Waals surface area contributed by atoms with Gasteiger partial charge in [-0.15, -0.1) is 0 Å². The van der Waals surface area contributed by atoms with Crippen molar-refractivity contribution in [2.75, 3.05) is 7.11 Å². The summed E-state index contributed by atoms with van der Waals surface area (Å²) in [7, 11) is 1.62. The van der Waals surface area contributed by atoms with Crippen LogP contribution in [0.15, 0.2) is 53.6 Å². The Morgan fingerprint density at radius 1 is 1.15 bits per heavy atom. The van der Waals surface area contributed by atoms with Crippen molar-refractivity contribution in [1.82, 2.24) is 5.43 Å². The Bertz CT molecular complexity index is 619. The Kier molecular flexibility index (Phi) is 4.50. The molecule has 0 saturated carbocycles. The number of nitrogens with zero attached hydrogens (tertiary/aromatic N) is 1. The van der Waals surface area contributed by atoms with Crippen molar-refractivity contribution < 1.29 is 9.53 Å². The number of hydrogen-bond donors (Lipinski definition) is 1. The van der Waals surface area contributed by atoms with Crippen molar-refractivity contribution in [1.29, 1.82) is 0 Å².